The van der Waals surface area contributed by atoms with Crippen molar-refractivity contribution in [1.82, 2.24) is 10.6 Å². The number of halogens is 1. The Hall–Kier alpha value is -2.99. The zero-order valence-electron chi connectivity index (χ0n) is 16.6. The molecular weight excluding hydrogens is 365 g/mol. The maximum atomic E-state index is 14.3. The van der Waals surface area contributed by atoms with E-state index in [1.165, 1.54) is 17.2 Å². The minimum Gasteiger partial charge on any atom is -0.383 e. The summed E-state index contributed by atoms with van der Waals surface area (Å²) < 4.78 is 14.3. The van der Waals surface area contributed by atoms with Crippen molar-refractivity contribution < 1.29 is 4.39 Å². The molecule has 5 nitrogen and oxygen atoms in total. The first-order valence-corrected chi connectivity index (χ1v) is 10.0. The minimum atomic E-state index is -0.253. The lowest BCUT2D eigenvalue weighted by Gasteiger charge is -2.23. The number of hydrogen-bond acceptors (Lipinski definition) is 5. The van der Waals surface area contributed by atoms with Crippen LogP contribution in [0.4, 0.5) is 10.1 Å². The highest BCUT2D eigenvalue weighted by molar-refractivity contribution is 5.75. The largest absolute Gasteiger partial charge is 0.383 e. The Labute approximate surface area is 170 Å². The average Bonchev–Trinajstić information content (AvgIpc) is 2.94. The topological polar surface area (TPSA) is 72.3 Å². The van der Waals surface area contributed by atoms with Gasteiger partial charge in [0.15, 0.2) is 0 Å². The number of benzene rings is 2. The smallest absolute Gasteiger partial charge is 0.146 e. The molecule has 2 aliphatic rings. The number of anilines is 1. The maximum Gasteiger partial charge on any atom is 0.146 e. The lowest BCUT2D eigenvalue weighted by molar-refractivity contribution is 0.619. The lowest BCUT2D eigenvalue weighted by atomic mass is 9.91. The van der Waals surface area contributed by atoms with E-state index in [1.54, 1.807) is 12.1 Å². The molecule has 0 spiro atoms. The van der Waals surface area contributed by atoms with Crippen LogP contribution < -0.4 is 16.0 Å². The first-order valence-electron chi connectivity index (χ1n) is 10.0. The van der Waals surface area contributed by atoms with E-state index in [1.807, 2.05) is 13.0 Å². The normalized spacial score (nSPS) is 20.6. The number of rotatable bonds is 4. The minimum absolute atomic E-state index is 0.0484. The summed E-state index contributed by atoms with van der Waals surface area (Å²) in [7, 11) is 0. The van der Waals surface area contributed by atoms with Gasteiger partial charge >= 0.3 is 0 Å². The van der Waals surface area contributed by atoms with Crippen LogP contribution in [0.15, 0.2) is 59.4 Å². The van der Waals surface area contributed by atoms with Gasteiger partial charge in [-0.2, -0.15) is 5.11 Å². The summed E-state index contributed by atoms with van der Waals surface area (Å²) in [5.41, 5.74) is 14.1. The second-order valence-corrected chi connectivity index (χ2v) is 7.45. The first kappa shape index (κ1) is 19.3. The van der Waals surface area contributed by atoms with E-state index < -0.39 is 0 Å². The van der Waals surface area contributed by atoms with Crippen LogP contribution >= 0.6 is 0 Å². The van der Waals surface area contributed by atoms with E-state index in [0.29, 0.717) is 17.9 Å². The first-order chi connectivity index (χ1) is 14.2. The highest BCUT2D eigenvalue weighted by Crippen LogP contribution is 2.35. The molecule has 2 aromatic rings. The summed E-state index contributed by atoms with van der Waals surface area (Å²) in [6.07, 6.45) is 4.02. The quantitative estimate of drug-likeness (QED) is 0.550. The standard InChI is InChI=1S/C23H26FN5/c1-15(29-25)23-18-7-6-17(16-8-11-26-12-9-16)14-19(18)21(10-13-27-23)28-22-5-3-2-4-20(22)24/h2-8,14,21,25-28H,9-13H2,1H3/b23-15-,29-25?. The van der Waals surface area contributed by atoms with Crippen LogP contribution in [0.2, 0.25) is 0 Å². The SMILES string of the molecule is C/C(N=N)=C1/NCCC(Nc2ccccc2F)c2cc(C3=CCNCC3)ccc21. The van der Waals surface area contributed by atoms with Crippen LogP contribution in [0.3, 0.4) is 0 Å². The van der Waals surface area contributed by atoms with Crippen molar-refractivity contribution in [2.45, 2.75) is 25.8 Å². The van der Waals surface area contributed by atoms with E-state index in [-0.39, 0.29) is 11.9 Å². The maximum absolute atomic E-state index is 14.3. The van der Waals surface area contributed by atoms with Gasteiger partial charge in [-0.1, -0.05) is 30.3 Å². The third kappa shape index (κ3) is 4.07. The van der Waals surface area contributed by atoms with Crippen LogP contribution in [0.5, 0.6) is 0 Å². The molecule has 0 radical (unpaired) electrons. The Balaban J connectivity index is 1.80. The Bertz CT molecular complexity index is 979. The molecule has 2 heterocycles. The summed E-state index contributed by atoms with van der Waals surface area (Å²) in [5, 5.41) is 13.8. The molecular formula is C23H26FN5. The summed E-state index contributed by atoms with van der Waals surface area (Å²) in [4.78, 5) is 0. The molecule has 0 fully saturated rings. The summed E-state index contributed by atoms with van der Waals surface area (Å²) in [6.45, 7) is 4.41. The van der Waals surface area contributed by atoms with E-state index >= 15 is 0 Å². The van der Waals surface area contributed by atoms with Crippen molar-refractivity contribution in [3.63, 3.8) is 0 Å². The van der Waals surface area contributed by atoms with Gasteiger partial charge in [-0.05, 0) is 61.2 Å². The highest BCUT2D eigenvalue weighted by Gasteiger charge is 2.24. The van der Waals surface area contributed by atoms with Crippen molar-refractivity contribution >= 4 is 17.0 Å². The third-order valence-electron chi connectivity index (χ3n) is 5.60. The molecule has 150 valence electrons. The van der Waals surface area contributed by atoms with Gasteiger partial charge in [-0.15, -0.1) is 0 Å². The fourth-order valence-corrected chi connectivity index (χ4v) is 4.05. The molecule has 29 heavy (non-hydrogen) atoms. The molecule has 6 heteroatoms. The van der Waals surface area contributed by atoms with E-state index in [9.17, 15) is 4.39 Å². The molecule has 0 amide bonds. The fraction of sp³-hybridized carbons (Fsp3) is 0.304. The Morgan fingerprint density at radius 1 is 1.21 bits per heavy atom. The Morgan fingerprint density at radius 3 is 2.83 bits per heavy atom. The molecule has 4 N–H and O–H groups in total. The van der Waals surface area contributed by atoms with Crippen LogP contribution in [0, 0.1) is 11.3 Å². The molecule has 0 bridgehead atoms. The van der Waals surface area contributed by atoms with Gasteiger partial charge in [-0.3, -0.25) is 0 Å². The van der Waals surface area contributed by atoms with E-state index in [2.05, 4.69) is 45.3 Å². The van der Waals surface area contributed by atoms with Crippen molar-refractivity contribution in [3.8, 4) is 0 Å². The zero-order valence-corrected chi connectivity index (χ0v) is 16.6. The third-order valence-corrected chi connectivity index (χ3v) is 5.60. The molecule has 4 rings (SSSR count). The summed E-state index contributed by atoms with van der Waals surface area (Å²) in [6, 6.07) is 13.2. The van der Waals surface area contributed by atoms with Crippen molar-refractivity contribution in [3.05, 3.63) is 76.7 Å². The van der Waals surface area contributed by atoms with Crippen LogP contribution in [0.1, 0.15) is 42.5 Å². The molecule has 2 aromatic carbocycles. The van der Waals surface area contributed by atoms with Crippen LogP contribution in [0.25, 0.3) is 11.3 Å². The second-order valence-electron chi connectivity index (χ2n) is 7.45. The molecule has 2 aliphatic heterocycles. The van der Waals surface area contributed by atoms with Gasteiger partial charge in [0, 0.05) is 18.7 Å². The van der Waals surface area contributed by atoms with Gasteiger partial charge in [0.25, 0.3) is 0 Å². The fourth-order valence-electron chi connectivity index (χ4n) is 4.05. The van der Waals surface area contributed by atoms with Crippen LogP contribution in [-0.2, 0) is 0 Å². The Kier molecular flexibility index (Phi) is 5.71. The lowest BCUT2D eigenvalue weighted by Crippen LogP contribution is -2.20. The molecule has 1 atom stereocenters. The van der Waals surface area contributed by atoms with Gasteiger partial charge in [-0.25, -0.2) is 9.92 Å². The number of nitrogens with zero attached hydrogens (tertiary/aromatic N) is 1. The van der Waals surface area contributed by atoms with Gasteiger partial charge in [0.2, 0.25) is 0 Å². The van der Waals surface area contributed by atoms with Gasteiger partial charge in [0.05, 0.1) is 23.1 Å². The van der Waals surface area contributed by atoms with Gasteiger partial charge < -0.3 is 16.0 Å². The molecule has 0 aliphatic carbocycles. The average molecular weight is 391 g/mol. The van der Waals surface area contributed by atoms with E-state index in [4.69, 9.17) is 5.53 Å². The predicted molar refractivity (Wildman–Crippen MR) is 115 cm³/mol. The molecule has 0 saturated heterocycles. The zero-order chi connectivity index (χ0) is 20.2. The number of allylic oxidation sites excluding steroid dienone is 1. The number of fused-ring (bicyclic) bond motifs is 1. The van der Waals surface area contributed by atoms with Gasteiger partial charge in [0.1, 0.15) is 5.82 Å². The molecule has 0 saturated carbocycles. The van der Waals surface area contributed by atoms with Crippen molar-refractivity contribution in [1.29, 1.82) is 5.53 Å². The van der Waals surface area contributed by atoms with Crippen molar-refractivity contribution in [2.24, 2.45) is 5.11 Å². The molecule has 0 aromatic heterocycles. The molecule has 1 unspecified atom stereocenters. The Morgan fingerprint density at radius 2 is 2.07 bits per heavy atom. The number of nitrogens with one attached hydrogen (secondary N) is 4. The highest BCUT2D eigenvalue weighted by atomic mass is 19.1. The number of para-hydroxylation sites is 1. The second kappa shape index (κ2) is 8.57. The summed E-state index contributed by atoms with van der Waals surface area (Å²) >= 11 is 0. The van der Waals surface area contributed by atoms with Crippen molar-refractivity contribution in [2.75, 3.05) is 25.0 Å². The number of hydrogen-bond donors (Lipinski definition) is 4. The van der Waals surface area contributed by atoms with E-state index in [0.717, 1.165) is 42.8 Å². The van der Waals surface area contributed by atoms with Crippen LogP contribution in [-0.4, -0.2) is 19.6 Å². The predicted octanol–water partition coefficient (Wildman–Crippen LogP) is 5.07. The summed E-state index contributed by atoms with van der Waals surface area (Å²) in [5.74, 6) is -0.253. The monoisotopic (exact) mass is 391 g/mol.